The van der Waals surface area contributed by atoms with Crippen LogP contribution in [0.3, 0.4) is 0 Å². The molecule has 2 aliphatic heterocycles. The molecule has 5 nitrogen and oxygen atoms in total. The fourth-order valence-corrected chi connectivity index (χ4v) is 3.87. The number of benzene rings is 2. The van der Waals surface area contributed by atoms with E-state index in [9.17, 15) is 9.59 Å². The van der Waals surface area contributed by atoms with Gasteiger partial charge in [0, 0.05) is 31.6 Å². The molecule has 1 fully saturated rings. The van der Waals surface area contributed by atoms with Crippen LogP contribution in [0.25, 0.3) is 0 Å². The van der Waals surface area contributed by atoms with E-state index in [2.05, 4.69) is 12.2 Å². The average molecular weight is 364 g/mol. The number of anilines is 1. The standard InChI is InChI=1S/C22H24N2O3/c1-2-16-7-9-17(10-8-16)23-21(26)24-13-11-22(12-14-24)15-19(25)18-5-3-4-6-20(18)27-22/h3-10H,2,11-15H2,1H3,(H,23,26). The lowest BCUT2D eigenvalue weighted by Crippen LogP contribution is -2.53. The van der Waals surface area contributed by atoms with Crippen molar-refractivity contribution in [1.82, 2.24) is 4.90 Å². The van der Waals surface area contributed by atoms with Crippen molar-refractivity contribution in [3.05, 3.63) is 59.7 Å². The summed E-state index contributed by atoms with van der Waals surface area (Å²) in [6.07, 6.45) is 2.69. The second-order valence-electron chi connectivity index (χ2n) is 7.35. The van der Waals surface area contributed by atoms with Gasteiger partial charge in [-0.3, -0.25) is 4.79 Å². The number of hydrogen-bond donors (Lipinski definition) is 1. The van der Waals surface area contributed by atoms with Gasteiger partial charge in [-0.2, -0.15) is 0 Å². The number of para-hydroxylation sites is 1. The summed E-state index contributed by atoms with van der Waals surface area (Å²) in [7, 11) is 0. The van der Waals surface area contributed by atoms with Crippen molar-refractivity contribution in [3.8, 4) is 5.75 Å². The number of hydrogen-bond acceptors (Lipinski definition) is 3. The zero-order valence-corrected chi connectivity index (χ0v) is 15.5. The minimum Gasteiger partial charge on any atom is -0.486 e. The Morgan fingerprint density at radius 2 is 1.81 bits per heavy atom. The van der Waals surface area contributed by atoms with E-state index in [-0.39, 0.29) is 11.8 Å². The van der Waals surface area contributed by atoms with Gasteiger partial charge in [0.15, 0.2) is 5.78 Å². The van der Waals surface area contributed by atoms with Crippen LogP contribution in [0.2, 0.25) is 0 Å². The maximum Gasteiger partial charge on any atom is 0.321 e. The lowest BCUT2D eigenvalue weighted by molar-refractivity contribution is 0.000390. The Balaban J connectivity index is 1.38. The normalized spacial score (nSPS) is 18.0. The Morgan fingerprint density at radius 1 is 1.11 bits per heavy atom. The molecule has 0 aliphatic carbocycles. The number of rotatable bonds is 2. The predicted octanol–water partition coefficient (Wildman–Crippen LogP) is 4.28. The molecule has 0 saturated carbocycles. The third-order valence-corrected chi connectivity index (χ3v) is 5.57. The van der Waals surface area contributed by atoms with Gasteiger partial charge in [0.05, 0.1) is 12.0 Å². The van der Waals surface area contributed by atoms with Gasteiger partial charge in [-0.25, -0.2) is 4.79 Å². The first-order chi connectivity index (χ1) is 13.1. The van der Waals surface area contributed by atoms with Gasteiger partial charge in [-0.15, -0.1) is 0 Å². The summed E-state index contributed by atoms with van der Waals surface area (Å²) in [6.45, 7) is 3.26. The van der Waals surface area contributed by atoms with Gasteiger partial charge in [0.2, 0.25) is 0 Å². The SMILES string of the molecule is CCc1ccc(NC(=O)N2CCC3(CC2)CC(=O)c2ccccc2O3)cc1. The lowest BCUT2D eigenvalue weighted by atomic mass is 9.82. The second-order valence-corrected chi connectivity index (χ2v) is 7.35. The highest BCUT2D eigenvalue weighted by Gasteiger charge is 2.43. The van der Waals surface area contributed by atoms with Crippen molar-refractivity contribution < 1.29 is 14.3 Å². The van der Waals surface area contributed by atoms with E-state index in [0.29, 0.717) is 43.7 Å². The fraction of sp³-hybridized carbons (Fsp3) is 0.364. The molecule has 5 heteroatoms. The van der Waals surface area contributed by atoms with Crippen molar-refractivity contribution in [2.45, 2.75) is 38.2 Å². The minimum atomic E-state index is -0.481. The molecule has 2 aromatic rings. The molecule has 0 unspecified atom stereocenters. The van der Waals surface area contributed by atoms with Gasteiger partial charge < -0.3 is 15.0 Å². The second kappa shape index (κ2) is 7.06. The monoisotopic (exact) mass is 364 g/mol. The number of likely N-dealkylation sites (tertiary alicyclic amines) is 1. The highest BCUT2D eigenvalue weighted by Crippen LogP contribution is 2.39. The van der Waals surface area contributed by atoms with Crippen molar-refractivity contribution >= 4 is 17.5 Å². The van der Waals surface area contributed by atoms with Gasteiger partial charge in [-0.05, 0) is 36.2 Å². The highest BCUT2D eigenvalue weighted by atomic mass is 16.5. The van der Waals surface area contributed by atoms with E-state index < -0.39 is 5.60 Å². The summed E-state index contributed by atoms with van der Waals surface area (Å²) < 4.78 is 6.22. The molecule has 0 aromatic heterocycles. The van der Waals surface area contributed by atoms with Gasteiger partial charge in [0.25, 0.3) is 0 Å². The Bertz CT molecular complexity index is 852. The summed E-state index contributed by atoms with van der Waals surface area (Å²) >= 11 is 0. The summed E-state index contributed by atoms with van der Waals surface area (Å²) in [5.41, 5.74) is 2.23. The maximum atomic E-state index is 12.6. The van der Waals surface area contributed by atoms with Crippen molar-refractivity contribution in [2.24, 2.45) is 0 Å². The molecule has 140 valence electrons. The van der Waals surface area contributed by atoms with Crippen LogP contribution in [0.1, 0.15) is 42.1 Å². The minimum absolute atomic E-state index is 0.100. The number of fused-ring (bicyclic) bond motifs is 1. The van der Waals surface area contributed by atoms with Crippen LogP contribution in [-0.4, -0.2) is 35.4 Å². The van der Waals surface area contributed by atoms with Crippen LogP contribution in [0.5, 0.6) is 5.75 Å². The summed E-state index contributed by atoms with van der Waals surface area (Å²) in [5.74, 6) is 0.799. The first kappa shape index (κ1) is 17.6. The number of carbonyl (C=O) groups excluding carboxylic acids is 2. The van der Waals surface area contributed by atoms with Crippen molar-refractivity contribution in [1.29, 1.82) is 0 Å². The molecule has 27 heavy (non-hydrogen) atoms. The number of nitrogens with zero attached hydrogens (tertiary/aromatic N) is 1. The summed E-state index contributed by atoms with van der Waals surface area (Å²) in [5, 5.41) is 2.96. The van der Waals surface area contributed by atoms with Gasteiger partial charge in [-0.1, -0.05) is 31.2 Å². The molecule has 4 rings (SSSR count). The molecule has 1 N–H and O–H groups in total. The van der Waals surface area contributed by atoms with E-state index in [1.165, 1.54) is 5.56 Å². The number of ether oxygens (including phenoxy) is 1. The van der Waals surface area contributed by atoms with Crippen LogP contribution >= 0.6 is 0 Å². The Hall–Kier alpha value is -2.82. The van der Waals surface area contributed by atoms with Crippen LogP contribution in [0.15, 0.2) is 48.5 Å². The van der Waals surface area contributed by atoms with Crippen LogP contribution in [-0.2, 0) is 6.42 Å². The maximum absolute atomic E-state index is 12.6. The zero-order valence-electron chi connectivity index (χ0n) is 15.5. The average Bonchev–Trinajstić information content (AvgIpc) is 2.69. The third-order valence-electron chi connectivity index (χ3n) is 5.57. The molecule has 0 bridgehead atoms. The largest absolute Gasteiger partial charge is 0.486 e. The van der Waals surface area contributed by atoms with E-state index in [4.69, 9.17) is 4.74 Å². The molecular formula is C22H24N2O3. The first-order valence-electron chi connectivity index (χ1n) is 9.55. The number of Topliss-reactive ketones (excluding diaryl/α,β-unsaturated/α-hetero) is 1. The quantitative estimate of drug-likeness (QED) is 0.865. The third kappa shape index (κ3) is 3.54. The van der Waals surface area contributed by atoms with Crippen molar-refractivity contribution in [3.63, 3.8) is 0 Å². The first-order valence-corrected chi connectivity index (χ1v) is 9.55. The zero-order chi connectivity index (χ0) is 18.9. The summed E-state index contributed by atoms with van der Waals surface area (Å²) in [4.78, 5) is 26.9. The highest BCUT2D eigenvalue weighted by molar-refractivity contribution is 6.00. The number of ketones is 1. The molecule has 1 saturated heterocycles. The van der Waals surface area contributed by atoms with E-state index in [1.807, 2.05) is 48.5 Å². The molecule has 2 amide bonds. The Kier molecular flexibility index (Phi) is 4.60. The fourth-order valence-electron chi connectivity index (χ4n) is 3.87. The molecular weight excluding hydrogens is 340 g/mol. The number of amides is 2. The lowest BCUT2D eigenvalue weighted by Gasteiger charge is -2.43. The van der Waals surface area contributed by atoms with E-state index in [0.717, 1.165) is 12.1 Å². The van der Waals surface area contributed by atoms with Crippen LogP contribution < -0.4 is 10.1 Å². The number of urea groups is 1. The molecule has 0 radical (unpaired) electrons. The molecule has 2 aromatic carbocycles. The number of carbonyl (C=O) groups is 2. The molecule has 2 heterocycles. The molecule has 2 aliphatic rings. The number of piperidine rings is 1. The number of aryl methyl sites for hydroxylation is 1. The Labute approximate surface area is 159 Å². The van der Waals surface area contributed by atoms with Crippen LogP contribution in [0.4, 0.5) is 10.5 Å². The predicted molar refractivity (Wildman–Crippen MR) is 104 cm³/mol. The summed E-state index contributed by atoms with van der Waals surface area (Å²) in [6, 6.07) is 15.2. The van der Waals surface area contributed by atoms with E-state index in [1.54, 1.807) is 4.90 Å². The van der Waals surface area contributed by atoms with Gasteiger partial charge >= 0.3 is 6.03 Å². The Morgan fingerprint density at radius 3 is 2.52 bits per heavy atom. The van der Waals surface area contributed by atoms with Crippen LogP contribution in [0, 0.1) is 0 Å². The van der Waals surface area contributed by atoms with Gasteiger partial charge in [0.1, 0.15) is 11.4 Å². The van der Waals surface area contributed by atoms with E-state index >= 15 is 0 Å². The molecule has 0 atom stereocenters. The number of nitrogens with one attached hydrogen (secondary N) is 1. The molecule has 1 spiro atoms. The van der Waals surface area contributed by atoms with Crippen molar-refractivity contribution in [2.75, 3.05) is 18.4 Å². The topological polar surface area (TPSA) is 58.6 Å². The smallest absolute Gasteiger partial charge is 0.321 e.